The van der Waals surface area contributed by atoms with Gasteiger partial charge in [0.25, 0.3) is 0 Å². The number of ether oxygens (including phenoxy) is 3. The lowest BCUT2D eigenvalue weighted by molar-refractivity contribution is -0.154. The summed E-state index contributed by atoms with van der Waals surface area (Å²) in [6.07, 6.45) is -0.817. The maximum Gasteiger partial charge on any atom is 0.410 e. The molecule has 2 aliphatic rings. The first-order valence-corrected chi connectivity index (χ1v) is 7.51. The molecule has 3 unspecified atom stereocenters. The van der Waals surface area contributed by atoms with Crippen molar-refractivity contribution in [1.82, 2.24) is 4.90 Å². The van der Waals surface area contributed by atoms with Crippen LogP contribution in [0.3, 0.4) is 0 Å². The lowest BCUT2D eigenvalue weighted by Crippen LogP contribution is -2.36. The van der Waals surface area contributed by atoms with Gasteiger partial charge < -0.3 is 24.2 Å². The van der Waals surface area contributed by atoms with Gasteiger partial charge in [0.05, 0.1) is 18.6 Å². The van der Waals surface area contributed by atoms with Gasteiger partial charge in [0, 0.05) is 19.0 Å². The van der Waals surface area contributed by atoms with Crippen LogP contribution in [0, 0.1) is 11.8 Å². The molecular formula is C15H25NO6. The highest BCUT2D eigenvalue weighted by molar-refractivity contribution is 5.74. The zero-order valence-corrected chi connectivity index (χ0v) is 13.8. The summed E-state index contributed by atoms with van der Waals surface area (Å²) in [6.45, 7) is 9.71. The van der Waals surface area contributed by atoms with Crippen molar-refractivity contribution in [1.29, 1.82) is 0 Å². The monoisotopic (exact) mass is 315 g/mol. The Morgan fingerprint density at radius 3 is 2.36 bits per heavy atom. The van der Waals surface area contributed by atoms with E-state index in [1.54, 1.807) is 34.6 Å². The number of amides is 1. The number of carbonyl (C=O) groups is 2. The van der Waals surface area contributed by atoms with Crippen LogP contribution >= 0.6 is 0 Å². The molecule has 7 nitrogen and oxygen atoms in total. The summed E-state index contributed by atoms with van der Waals surface area (Å²) in [5, 5.41) is 9.43. The number of nitrogens with zero attached hydrogens (tertiary/aromatic N) is 1. The second-order valence-corrected chi connectivity index (χ2v) is 7.36. The molecule has 3 atom stereocenters. The third-order valence-corrected chi connectivity index (χ3v) is 3.84. The molecule has 1 N–H and O–H groups in total. The zero-order chi connectivity index (χ0) is 16.7. The topological polar surface area (TPSA) is 85.3 Å². The number of carboxylic acids is 1. The molecule has 2 rings (SSSR count). The average molecular weight is 315 g/mol. The Kier molecular flexibility index (Phi) is 4.41. The number of hydrogen-bond acceptors (Lipinski definition) is 5. The quantitative estimate of drug-likeness (QED) is 0.835. The highest BCUT2D eigenvalue weighted by atomic mass is 16.7. The largest absolute Gasteiger partial charge is 0.481 e. The minimum atomic E-state index is -0.927. The molecule has 7 heteroatoms. The molecule has 0 bridgehead atoms. The van der Waals surface area contributed by atoms with Crippen molar-refractivity contribution in [2.75, 3.05) is 19.7 Å². The Balaban J connectivity index is 2.07. The maximum atomic E-state index is 12.2. The molecule has 0 aromatic carbocycles. The molecule has 2 heterocycles. The molecule has 2 saturated heterocycles. The van der Waals surface area contributed by atoms with Crippen LogP contribution in [0.5, 0.6) is 0 Å². The van der Waals surface area contributed by atoms with Crippen molar-refractivity contribution in [2.45, 2.75) is 52.1 Å². The molecule has 126 valence electrons. The summed E-state index contributed by atoms with van der Waals surface area (Å²) < 4.78 is 16.6. The summed E-state index contributed by atoms with van der Waals surface area (Å²) in [4.78, 5) is 25.1. The van der Waals surface area contributed by atoms with Gasteiger partial charge in [-0.25, -0.2) is 4.79 Å². The number of carboxylic acid groups (broad SMARTS) is 1. The zero-order valence-electron chi connectivity index (χ0n) is 13.8. The van der Waals surface area contributed by atoms with Crippen molar-refractivity contribution in [3.8, 4) is 0 Å². The fourth-order valence-electron chi connectivity index (χ4n) is 2.87. The standard InChI is InChI=1S/C15H25NO6/c1-14(2,3)22-13(19)16-6-9(10(7-16)12(17)18)11-8-20-15(4,5)21-11/h9-11H,6-8H2,1-5H3,(H,17,18). The Morgan fingerprint density at radius 2 is 1.91 bits per heavy atom. The first-order valence-electron chi connectivity index (χ1n) is 7.51. The Labute approximate surface area is 130 Å². The van der Waals surface area contributed by atoms with Crippen LogP contribution < -0.4 is 0 Å². The second kappa shape index (κ2) is 5.70. The molecule has 0 radical (unpaired) electrons. The summed E-state index contributed by atoms with van der Waals surface area (Å²) in [6, 6.07) is 0. The van der Waals surface area contributed by atoms with E-state index >= 15 is 0 Å². The van der Waals surface area contributed by atoms with E-state index in [-0.39, 0.29) is 18.6 Å². The van der Waals surface area contributed by atoms with Crippen molar-refractivity contribution < 1.29 is 28.9 Å². The van der Waals surface area contributed by atoms with E-state index in [2.05, 4.69) is 0 Å². The van der Waals surface area contributed by atoms with Crippen LogP contribution in [-0.2, 0) is 19.0 Å². The number of likely N-dealkylation sites (tertiary alicyclic amines) is 1. The van der Waals surface area contributed by atoms with Crippen LogP contribution in [0.15, 0.2) is 0 Å². The van der Waals surface area contributed by atoms with E-state index in [1.807, 2.05) is 0 Å². The van der Waals surface area contributed by atoms with Gasteiger partial charge in [-0.3, -0.25) is 4.79 Å². The smallest absolute Gasteiger partial charge is 0.410 e. The van der Waals surface area contributed by atoms with E-state index in [0.29, 0.717) is 13.2 Å². The predicted molar refractivity (Wildman–Crippen MR) is 77.3 cm³/mol. The summed E-state index contributed by atoms with van der Waals surface area (Å²) in [5.41, 5.74) is -0.608. The average Bonchev–Trinajstić information content (AvgIpc) is 2.89. The molecule has 1 amide bonds. The Hall–Kier alpha value is -1.34. The first kappa shape index (κ1) is 17.0. The Morgan fingerprint density at radius 1 is 1.27 bits per heavy atom. The molecule has 2 fully saturated rings. The van der Waals surface area contributed by atoms with Crippen molar-refractivity contribution >= 4 is 12.1 Å². The van der Waals surface area contributed by atoms with Gasteiger partial charge in [0.1, 0.15) is 5.60 Å². The highest BCUT2D eigenvalue weighted by Crippen LogP contribution is 2.35. The SMILES string of the molecule is CC(C)(C)OC(=O)N1CC(C(=O)O)C(C2COC(C)(C)O2)C1. The van der Waals surface area contributed by atoms with Gasteiger partial charge >= 0.3 is 12.1 Å². The minimum absolute atomic E-state index is 0.134. The van der Waals surface area contributed by atoms with Crippen LogP contribution in [0.25, 0.3) is 0 Å². The third-order valence-electron chi connectivity index (χ3n) is 3.84. The van der Waals surface area contributed by atoms with E-state index in [1.165, 1.54) is 4.90 Å². The summed E-state index contributed by atoms with van der Waals surface area (Å²) in [7, 11) is 0. The summed E-state index contributed by atoms with van der Waals surface area (Å²) >= 11 is 0. The lowest BCUT2D eigenvalue weighted by atomic mass is 9.91. The summed E-state index contributed by atoms with van der Waals surface area (Å²) in [5.74, 6) is -2.61. The van der Waals surface area contributed by atoms with Gasteiger partial charge in [-0.2, -0.15) is 0 Å². The second-order valence-electron chi connectivity index (χ2n) is 7.36. The molecule has 0 saturated carbocycles. The van der Waals surface area contributed by atoms with Crippen molar-refractivity contribution in [2.24, 2.45) is 11.8 Å². The third kappa shape index (κ3) is 3.89. The van der Waals surface area contributed by atoms with E-state index in [4.69, 9.17) is 14.2 Å². The number of aliphatic carboxylic acids is 1. The maximum absolute atomic E-state index is 12.2. The number of rotatable bonds is 2. The van der Waals surface area contributed by atoms with Crippen molar-refractivity contribution in [3.05, 3.63) is 0 Å². The molecule has 0 aromatic rings. The fourth-order valence-corrected chi connectivity index (χ4v) is 2.87. The highest BCUT2D eigenvalue weighted by Gasteiger charge is 2.48. The molecular weight excluding hydrogens is 290 g/mol. The molecule has 0 aliphatic carbocycles. The molecule has 0 aromatic heterocycles. The van der Waals surface area contributed by atoms with Crippen LogP contribution in [0.1, 0.15) is 34.6 Å². The molecule has 2 aliphatic heterocycles. The van der Waals surface area contributed by atoms with E-state index < -0.39 is 29.4 Å². The normalized spacial score (nSPS) is 31.3. The van der Waals surface area contributed by atoms with Gasteiger partial charge in [0.2, 0.25) is 0 Å². The lowest BCUT2D eigenvalue weighted by Gasteiger charge is -2.25. The minimum Gasteiger partial charge on any atom is -0.481 e. The van der Waals surface area contributed by atoms with E-state index in [0.717, 1.165) is 0 Å². The van der Waals surface area contributed by atoms with Crippen molar-refractivity contribution in [3.63, 3.8) is 0 Å². The van der Waals surface area contributed by atoms with Gasteiger partial charge in [-0.15, -0.1) is 0 Å². The number of hydrogen-bond donors (Lipinski definition) is 1. The molecule has 22 heavy (non-hydrogen) atoms. The molecule has 0 spiro atoms. The fraction of sp³-hybridized carbons (Fsp3) is 0.867. The Bertz CT molecular complexity index is 455. The number of carbonyl (C=O) groups excluding carboxylic acids is 1. The van der Waals surface area contributed by atoms with Gasteiger partial charge in [-0.05, 0) is 34.6 Å². The van der Waals surface area contributed by atoms with Gasteiger partial charge in [0.15, 0.2) is 5.79 Å². The van der Waals surface area contributed by atoms with Crippen LogP contribution in [0.2, 0.25) is 0 Å². The van der Waals surface area contributed by atoms with E-state index in [9.17, 15) is 14.7 Å². The van der Waals surface area contributed by atoms with Crippen LogP contribution in [0.4, 0.5) is 4.79 Å². The first-order chi connectivity index (χ1) is 9.98. The van der Waals surface area contributed by atoms with Crippen LogP contribution in [-0.4, -0.2) is 59.3 Å². The predicted octanol–water partition coefficient (Wildman–Crippen LogP) is 1.71. The van der Waals surface area contributed by atoms with Gasteiger partial charge in [-0.1, -0.05) is 0 Å².